The van der Waals surface area contributed by atoms with Crippen LogP contribution in [0.2, 0.25) is 5.02 Å². The highest BCUT2D eigenvalue weighted by Crippen LogP contribution is 2.43. The lowest BCUT2D eigenvalue weighted by molar-refractivity contribution is -0.142. The Kier molecular flexibility index (Phi) is 8.26. The molecule has 0 radical (unpaired) electrons. The first-order chi connectivity index (χ1) is 14.1. The molecule has 2 heterocycles. The van der Waals surface area contributed by atoms with Crippen molar-refractivity contribution < 1.29 is 9.53 Å². The molecule has 0 spiro atoms. The average Bonchev–Trinajstić information content (AvgIpc) is 3.26. The number of rotatable bonds is 4. The molecule has 2 aliphatic heterocycles. The Morgan fingerprint density at radius 3 is 2.37 bits per heavy atom. The lowest BCUT2D eigenvalue weighted by atomic mass is 9.64. The number of amides is 1. The maximum Gasteiger partial charge on any atom is 0.251 e. The van der Waals surface area contributed by atoms with Crippen LogP contribution in [0.1, 0.15) is 37.7 Å². The largest absolute Gasteiger partial charge is 0.368 e. The first kappa shape index (κ1) is 23.6. The van der Waals surface area contributed by atoms with E-state index in [2.05, 4.69) is 27.3 Å². The molecular weight excluding hydrogens is 515 g/mol. The number of halogens is 2. The highest BCUT2D eigenvalue weighted by Gasteiger charge is 2.39. The Hall–Kier alpha value is -1.06. The van der Waals surface area contributed by atoms with Crippen molar-refractivity contribution in [2.24, 2.45) is 4.99 Å². The SMILES string of the molecule is CN=C(NCC1(c2ccc(Cl)cc2)CCC1)N1CCN(C(=O)C2CCCO2)CC1.I. The van der Waals surface area contributed by atoms with Gasteiger partial charge in [-0.3, -0.25) is 9.79 Å². The molecule has 3 fully saturated rings. The van der Waals surface area contributed by atoms with E-state index < -0.39 is 0 Å². The fourth-order valence-electron chi connectivity index (χ4n) is 4.67. The summed E-state index contributed by atoms with van der Waals surface area (Å²) in [6, 6.07) is 8.27. The van der Waals surface area contributed by atoms with Crippen molar-refractivity contribution in [1.82, 2.24) is 15.1 Å². The predicted molar refractivity (Wildman–Crippen MR) is 131 cm³/mol. The van der Waals surface area contributed by atoms with Gasteiger partial charge in [-0.15, -0.1) is 24.0 Å². The predicted octanol–water partition coefficient (Wildman–Crippen LogP) is 3.28. The molecule has 3 aliphatic rings. The standard InChI is InChI=1S/C22H31ClN4O2.HI/c1-24-21(25-16-22(9-3-10-22)17-5-7-18(23)8-6-17)27-13-11-26(12-14-27)20(28)19-4-2-15-29-19;/h5-8,19H,2-4,9-16H2,1H3,(H,24,25);1H. The first-order valence-electron chi connectivity index (χ1n) is 10.7. The number of piperazine rings is 1. The van der Waals surface area contributed by atoms with E-state index in [1.807, 2.05) is 24.1 Å². The lowest BCUT2D eigenvalue weighted by Crippen LogP contribution is -2.57. The molecule has 0 aromatic heterocycles. The van der Waals surface area contributed by atoms with Gasteiger partial charge in [0.2, 0.25) is 0 Å². The monoisotopic (exact) mass is 546 g/mol. The van der Waals surface area contributed by atoms with Crippen molar-refractivity contribution in [3.05, 3.63) is 34.9 Å². The van der Waals surface area contributed by atoms with E-state index in [0.717, 1.165) is 56.5 Å². The number of nitrogens with one attached hydrogen (secondary N) is 1. The van der Waals surface area contributed by atoms with Crippen LogP contribution in [0.4, 0.5) is 0 Å². The molecule has 6 nitrogen and oxygen atoms in total. The minimum absolute atomic E-state index is 0. The van der Waals surface area contributed by atoms with Crippen molar-refractivity contribution >= 4 is 47.4 Å². The second-order valence-corrected chi connectivity index (χ2v) is 8.79. The number of ether oxygens (including phenoxy) is 1. The van der Waals surface area contributed by atoms with Crippen LogP contribution >= 0.6 is 35.6 Å². The maximum absolute atomic E-state index is 12.6. The van der Waals surface area contributed by atoms with E-state index in [-0.39, 0.29) is 41.4 Å². The van der Waals surface area contributed by atoms with E-state index >= 15 is 0 Å². The van der Waals surface area contributed by atoms with Gasteiger partial charge in [0.25, 0.3) is 5.91 Å². The summed E-state index contributed by atoms with van der Waals surface area (Å²) in [4.78, 5) is 21.3. The summed E-state index contributed by atoms with van der Waals surface area (Å²) in [7, 11) is 1.84. The second kappa shape index (κ2) is 10.5. The molecule has 1 atom stereocenters. The summed E-state index contributed by atoms with van der Waals surface area (Å²) >= 11 is 6.07. The van der Waals surface area contributed by atoms with Crippen LogP contribution in [-0.2, 0) is 14.9 Å². The maximum atomic E-state index is 12.6. The van der Waals surface area contributed by atoms with Gasteiger partial charge >= 0.3 is 0 Å². The van der Waals surface area contributed by atoms with E-state index in [1.165, 1.54) is 24.8 Å². The molecule has 1 aromatic rings. The van der Waals surface area contributed by atoms with Crippen molar-refractivity contribution in [2.45, 2.75) is 43.6 Å². The van der Waals surface area contributed by atoms with E-state index in [4.69, 9.17) is 16.3 Å². The molecular formula is C22H32ClIN4O2. The van der Waals surface area contributed by atoms with Gasteiger partial charge in [0.1, 0.15) is 6.10 Å². The molecule has 0 bridgehead atoms. The van der Waals surface area contributed by atoms with E-state index in [1.54, 1.807) is 0 Å². The van der Waals surface area contributed by atoms with Gasteiger partial charge in [-0.05, 0) is 43.4 Å². The normalized spacial score (nSPS) is 23.5. The zero-order chi connectivity index (χ0) is 20.3. The minimum Gasteiger partial charge on any atom is -0.368 e. The Labute approximate surface area is 201 Å². The molecule has 2 saturated heterocycles. The number of hydrogen-bond donors (Lipinski definition) is 1. The summed E-state index contributed by atoms with van der Waals surface area (Å²) in [6.45, 7) is 4.63. The smallest absolute Gasteiger partial charge is 0.251 e. The molecule has 1 amide bonds. The Balaban J connectivity index is 0.00000256. The number of carbonyl (C=O) groups excluding carboxylic acids is 1. The average molecular weight is 547 g/mol. The van der Waals surface area contributed by atoms with Crippen LogP contribution in [-0.4, -0.2) is 74.1 Å². The van der Waals surface area contributed by atoms with E-state index in [9.17, 15) is 4.79 Å². The molecule has 1 aliphatic carbocycles. The summed E-state index contributed by atoms with van der Waals surface area (Å²) in [5.41, 5.74) is 1.51. The van der Waals surface area contributed by atoms with Crippen LogP contribution in [0.3, 0.4) is 0 Å². The quantitative estimate of drug-likeness (QED) is 0.358. The van der Waals surface area contributed by atoms with Crippen LogP contribution in [0.15, 0.2) is 29.3 Å². The molecule has 4 rings (SSSR count). The molecule has 1 N–H and O–H groups in total. The molecule has 1 saturated carbocycles. The summed E-state index contributed by atoms with van der Waals surface area (Å²) in [5, 5.41) is 4.39. The Morgan fingerprint density at radius 1 is 1.17 bits per heavy atom. The fourth-order valence-corrected chi connectivity index (χ4v) is 4.80. The highest BCUT2D eigenvalue weighted by molar-refractivity contribution is 14.0. The number of aliphatic imine (C=N–C) groups is 1. The third-order valence-electron chi connectivity index (χ3n) is 6.66. The van der Waals surface area contributed by atoms with E-state index in [0.29, 0.717) is 6.61 Å². The Morgan fingerprint density at radius 2 is 1.83 bits per heavy atom. The number of nitrogens with zero attached hydrogens (tertiary/aromatic N) is 3. The van der Waals surface area contributed by atoms with Gasteiger partial charge in [-0.25, -0.2) is 0 Å². The van der Waals surface area contributed by atoms with Gasteiger partial charge in [0, 0.05) is 56.8 Å². The molecule has 1 unspecified atom stereocenters. The van der Waals surface area contributed by atoms with Gasteiger partial charge in [-0.1, -0.05) is 30.2 Å². The Bertz CT molecular complexity index is 740. The van der Waals surface area contributed by atoms with Crippen molar-refractivity contribution in [3.63, 3.8) is 0 Å². The molecule has 30 heavy (non-hydrogen) atoms. The van der Waals surface area contributed by atoms with Crippen molar-refractivity contribution in [1.29, 1.82) is 0 Å². The summed E-state index contributed by atoms with van der Waals surface area (Å²) in [6.07, 6.45) is 5.24. The summed E-state index contributed by atoms with van der Waals surface area (Å²) in [5.74, 6) is 1.08. The highest BCUT2D eigenvalue weighted by atomic mass is 127. The number of guanidine groups is 1. The van der Waals surface area contributed by atoms with Crippen LogP contribution in [0.25, 0.3) is 0 Å². The number of carbonyl (C=O) groups is 1. The lowest BCUT2D eigenvalue weighted by Gasteiger charge is -2.44. The van der Waals surface area contributed by atoms with Crippen LogP contribution in [0.5, 0.6) is 0 Å². The zero-order valence-electron chi connectivity index (χ0n) is 17.6. The molecule has 166 valence electrons. The number of hydrogen-bond acceptors (Lipinski definition) is 3. The second-order valence-electron chi connectivity index (χ2n) is 8.36. The first-order valence-corrected chi connectivity index (χ1v) is 11.1. The van der Waals surface area contributed by atoms with Gasteiger partial charge in [0.05, 0.1) is 0 Å². The third-order valence-corrected chi connectivity index (χ3v) is 6.91. The fraction of sp³-hybridized carbons (Fsp3) is 0.636. The summed E-state index contributed by atoms with van der Waals surface area (Å²) < 4.78 is 5.56. The van der Waals surface area contributed by atoms with Crippen LogP contribution in [0, 0.1) is 0 Å². The van der Waals surface area contributed by atoms with Crippen LogP contribution < -0.4 is 5.32 Å². The van der Waals surface area contributed by atoms with Gasteiger partial charge in [0.15, 0.2) is 5.96 Å². The van der Waals surface area contributed by atoms with Gasteiger partial charge < -0.3 is 19.9 Å². The minimum atomic E-state index is -0.225. The van der Waals surface area contributed by atoms with Crippen molar-refractivity contribution in [3.8, 4) is 0 Å². The van der Waals surface area contributed by atoms with Gasteiger partial charge in [-0.2, -0.15) is 0 Å². The topological polar surface area (TPSA) is 57.2 Å². The van der Waals surface area contributed by atoms with Crippen molar-refractivity contribution in [2.75, 3.05) is 46.4 Å². The third kappa shape index (κ3) is 5.05. The zero-order valence-corrected chi connectivity index (χ0v) is 20.7. The molecule has 1 aromatic carbocycles. The molecule has 8 heteroatoms. The number of benzene rings is 1.